The lowest BCUT2D eigenvalue weighted by atomic mass is 10.2. The second-order valence-electron chi connectivity index (χ2n) is 3.13. The number of rotatable bonds is 2. The molecule has 4 heteroatoms. The molecule has 0 fully saturated rings. The first kappa shape index (κ1) is 9.45. The minimum Gasteiger partial charge on any atom is -0.422 e. The van der Waals surface area contributed by atoms with Crippen LogP contribution >= 0.6 is 0 Å². The largest absolute Gasteiger partial charge is 0.422 e. The van der Waals surface area contributed by atoms with Gasteiger partial charge in [-0.15, -0.1) is 0 Å². The Morgan fingerprint density at radius 3 is 2.80 bits per heavy atom. The number of benzene rings is 1. The van der Waals surface area contributed by atoms with Gasteiger partial charge in [0, 0.05) is 6.20 Å². The van der Waals surface area contributed by atoms with E-state index in [2.05, 4.69) is 10.2 Å². The zero-order chi connectivity index (χ0) is 10.7. The van der Waals surface area contributed by atoms with Crippen LogP contribution in [0.4, 0.5) is 0 Å². The summed E-state index contributed by atoms with van der Waals surface area (Å²) in [7, 11) is 0. The van der Waals surface area contributed by atoms with Gasteiger partial charge >= 0.3 is 5.97 Å². The van der Waals surface area contributed by atoms with E-state index in [0.717, 1.165) is 5.56 Å². The fourth-order valence-corrected chi connectivity index (χ4v) is 1.20. The standard InChI is InChI=1S/C11H10N2O2/c1-8-4-2-3-5-10(8)15-11(14)9-6-7-12-13-9/h2-7H,1H3,(H,12,13). The van der Waals surface area contributed by atoms with E-state index in [1.807, 2.05) is 25.1 Å². The lowest BCUT2D eigenvalue weighted by Crippen LogP contribution is -2.09. The summed E-state index contributed by atoms with van der Waals surface area (Å²) in [5.41, 5.74) is 1.27. The first-order valence-electron chi connectivity index (χ1n) is 4.54. The summed E-state index contributed by atoms with van der Waals surface area (Å²) in [5, 5.41) is 6.23. The molecule has 76 valence electrons. The van der Waals surface area contributed by atoms with Gasteiger partial charge in [0.2, 0.25) is 0 Å². The number of ether oxygens (including phenoxy) is 1. The van der Waals surface area contributed by atoms with Crippen molar-refractivity contribution in [2.45, 2.75) is 6.92 Å². The van der Waals surface area contributed by atoms with E-state index in [0.29, 0.717) is 11.4 Å². The number of H-pyrrole nitrogens is 1. The van der Waals surface area contributed by atoms with Crippen LogP contribution in [0.1, 0.15) is 16.1 Å². The Morgan fingerprint density at radius 1 is 1.33 bits per heavy atom. The number of aromatic nitrogens is 2. The summed E-state index contributed by atoms with van der Waals surface area (Å²) in [6.07, 6.45) is 1.51. The molecule has 0 spiro atoms. The van der Waals surface area contributed by atoms with E-state index in [1.54, 1.807) is 12.1 Å². The van der Waals surface area contributed by atoms with Gasteiger partial charge in [-0.3, -0.25) is 5.10 Å². The Balaban J connectivity index is 2.17. The smallest absolute Gasteiger partial charge is 0.361 e. The van der Waals surface area contributed by atoms with Gasteiger partial charge in [0.25, 0.3) is 0 Å². The van der Waals surface area contributed by atoms with Crippen molar-refractivity contribution in [3.05, 3.63) is 47.8 Å². The molecule has 0 amide bonds. The Hall–Kier alpha value is -2.10. The second-order valence-corrected chi connectivity index (χ2v) is 3.13. The lowest BCUT2D eigenvalue weighted by molar-refractivity contribution is 0.0727. The predicted octanol–water partition coefficient (Wildman–Crippen LogP) is 1.94. The first-order chi connectivity index (χ1) is 7.27. The fraction of sp³-hybridized carbons (Fsp3) is 0.0909. The van der Waals surface area contributed by atoms with Crippen molar-refractivity contribution in [1.29, 1.82) is 0 Å². The van der Waals surface area contributed by atoms with Gasteiger partial charge in [-0.2, -0.15) is 5.10 Å². The van der Waals surface area contributed by atoms with Crippen LogP contribution in [0.2, 0.25) is 0 Å². The Bertz CT molecular complexity index is 463. The highest BCUT2D eigenvalue weighted by atomic mass is 16.5. The highest BCUT2D eigenvalue weighted by Crippen LogP contribution is 2.17. The summed E-state index contributed by atoms with van der Waals surface area (Å²) in [6, 6.07) is 8.92. The van der Waals surface area contributed by atoms with Crippen LogP contribution < -0.4 is 4.74 Å². The maximum atomic E-state index is 11.5. The molecule has 4 nitrogen and oxygen atoms in total. The molecule has 1 heterocycles. The van der Waals surface area contributed by atoms with Crippen molar-refractivity contribution in [3.8, 4) is 5.75 Å². The lowest BCUT2D eigenvalue weighted by Gasteiger charge is -2.04. The third kappa shape index (κ3) is 2.04. The van der Waals surface area contributed by atoms with Crippen LogP contribution in [0.5, 0.6) is 5.75 Å². The SMILES string of the molecule is Cc1ccccc1OC(=O)c1ccn[nH]1. The molecule has 0 saturated carbocycles. The summed E-state index contributed by atoms with van der Waals surface area (Å²) < 4.78 is 5.18. The van der Waals surface area contributed by atoms with E-state index in [4.69, 9.17) is 4.74 Å². The minimum atomic E-state index is -0.429. The third-order valence-corrected chi connectivity index (χ3v) is 2.02. The number of esters is 1. The number of nitrogens with one attached hydrogen (secondary N) is 1. The van der Waals surface area contributed by atoms with Gasteiger partial charge in [-0.05, 0) is 24.6 Å². The van der Waals surface area contributed by atoms with E-state index in [1.165, 1.54) is 6.20 Å². The first-order valence-corrected chi connectivity index (χ1v) is 4.54. The molecule has 0 saturated heterocycles. The predicted molar refractivity (Wildman–Crippen MR) is 54.7 cm³/mol. The monoisotopic (exact) mass is 202 g/mol. The van der Waals surface area contributed by atoms with Gasteiger partial charge in [-0.25, -0.2) is 4.79 Å². The molecule has 2 rings (SSSR count). The van der Waals surface area contributed by atoms with Gasteiger partial charge in [0.15, 0.2) is 0 Å². The summed E-state index contributed by atoms with van der Waals surface area (Å²) in [5.74, 6) is 0.138. The summed E-state index contributed by atoms with van der Waals surface area (Å²) in [6.45, 7) is 1.88. The van der Waals surface area contributed by atoms with Gasteiger partial charge in [-0.1, -0.05) is 18.2 Å². The Kier molecular flexibility index (Phi) is 2.49. The molecule has 0 aliphatic carbocycles. The molecule has 2 aromatic rings. The molecular weight excluding hydrogens is 192 g/mol. The molecular formula is C11H10N2O2. The number of aromatic amines is 1. The summed E-state index contributed by atoms with van der Waals surface area (Å²) >= 11 is 0. The maximum Gasteiger partial charge on any atom is 0.361 e. The Morgan fingerprint density at radius 2 is 2.13 bits per heavy atom. The van der Waals surface area contributed by atoms with E-state index < -0.39 is 5.97 Å². The molecule has 0 aliphatic heterocycles. The van der Waals surface area contributed by atoms with Crippen molar-refractivity contribution in [2.75, 3.05) is 0 Å². The van der Waals surface area contributed by atoms with Crippen LogP contribution in [-0.2, 0) is 0 Å². The van der Waals surface area contributed by atoms with Crippen LogP contribution in [0, 0.1) is 6.92 Å². The number of nitrogens with zero attached hydrogens (tertiary/aromatic N) is 1. The highest BCUT2D eigenvalue weighted by molar-refractivity contribution is 5.88. The third-order valence-electron chi connectivity index (χ3n) is 2.02. The zero-order valence-electron chi connectivity index (χ0n) is 8.23. The molecule has 0 bridgehead atoms. The molecule has 15 heavy (non-hydrogen) atoms. The van der Waals surface area contributed by atoms with Crippen LogP contribution in [0.3, 0.4) is 0 Å². The fourth-order valence-electron chi connectivity index (χ4n) is 1.20. The van der Waals surface area contributed by atoms with Crippen molar-refractivity contribution >= 4 is 5.97 Å². The quantitative estimate of drug-likeness (QED) is 0.598. The van der Waals surface area contributed by atoms with Crippen LogP contribution in [0.15, 0.2) is 36.5 Å². The average molecular weight is 202 g/mol. The summed E-state index contributed by atoms with van der Waals surface area (Å²) in [4.78, 5) is 11.5. The van der Waals surface area contributed by atoms with Crippen LogP contribution in [0.25, 0.3) is 0 Å². The number of carbonyl (C=O) groups excluding carboxylic acids is 1. The van der Waals surface area contributed by atoms with Crippen molar-refractivity contribution < 1.29 is 9.53 Å². The van der Waals surface area contributed by atoms with Crippen molar-refractivity contribution in [2.24, 2.45) is 0 Å². The van der Waals surface area contributed by atoms with E-state index >= 15 is 0 Å². The molecule has 1 N–H and O–H groups in total. The van der Waals surface area contributed by atoms with E-state index in [-0.39, 0.29) is 0 Å². The Labute approximate surface area is 86.9 Å². The van der Waals surface area contributed by atoms with Crippen LogP contribution in [-0.4, -0.2) is 16.2 Å². The van der Waals surface area contributed by atoms with Gasteiger partial charge in [0.05, 0.1) is 0 Å². The highest BCUT2D eigenvalue weighted by Gasteiger charge is 2.10. The average Bonchev–Trinajstić information content (AvgIpc) is 2.74. The second kappa shape index (κ2) is 3.96. The van der Waals surface area contributed by atoms with Gasteiger partial charge < -0.3 is 4.74 Å². The normalized spacial score (nSPS) is 9.93. The number of carbonyl (C=O) groups is 1. The van der Waals surface area contributed by atoms with E-state index in [9.17, 15) is 4.79 Å². The number of aryl methyl sites for hydroxylation is 1. The zero-order valence-corrected chi connectivity index (χ0v) is 8.23. The molecule has 1 aromatic carbocycles. The molecule has 1 aromatic heterocycles. The number of para-hydroxylation sites is 1. The molecule has 0 radical (unpaired) electrons. The molecule has 0 unspecified atom stereocenters. The van der Waals surface area contributed by atoms with Crippen molar-refractivity contribution in [1.82, 2.24) is 10.2 Å². The topological polar surface area (TPSA) is 55.0 Å². The van der Waals surface area contributed by atoms with Gasteiger partial charge in [0.1, 0.15) is 11.4 Å². The molecule has 0 aliphatic rings. The minimum absolute atomic E-state index is 0.346. The van der Waals surface area contributed by atoms with Crippen molar-refractivity contribution in [3.63, 3.8) is 0 Å². The number of hydrogen-bond acceptors (Lipinski definition) is 3. The number of hydrogen-bond donors (Lipinski definition) is 1. The maximum absolute atomic E-state index is 11.5. The molecule has 0 atom stereocenters.